The maximum absolute atomic E-state index is 13.0. The summed E-state index contributed by atoms with van der Waals surface area (Å²) in [6.07, 6.45) is 0.528. The zero-order chi connectivity index (χ0) is 14.3. The third kappa shape index (κ3) is 5.04. The standard InChI is InChI=1S/C8H10F2N2O.C2H6N2O/c1-12(11)8-3-5(9)2-7(10)6(8)4-13;1-4(3)2-5/h2-3,13H,4,11H2,1H3;2H,3H2,1H3. The van der Waals surface area contributed by atoms with Crippen molar-refractivity contribution in [2.45, 2.75) is 6.61 Å². The molecule has 5 N–H and O–H groups in total. The number of carbonyl (C=O) groups excluding carboxylic acids is 1. The Morgan fingerprint density at radius 1 is 1.33 bits per heavy atom. The van der Waals surface area contributed by atoms with E-state index in [1.807, 2.05) is 0 Å². The highest BCUT2D eigenvalue weighted by Crippen LogP contribution is 2.22. The Morgan fingerprint density at radius 2 is 1.83 bits per heavy atom. The Labute approximate surface area is 103 Å². The van der Waals surface area contributed by atoms with Crippen molar-refractivity contribution in [2.24, 2.45) is 11.7 Å². The molecule has 0 aliphatic heterocycles. The van der Waals surface area contributed by atoms with Crippen molar-refractivity contribution in [3.8, 4) is 0 Å². The highest BCUT2D eigenvalue weighted by Gasteiger charge is 2.11. The van der Waals surface area contributed by atoms with Gasteiger partial charge in [-0.05, 0) is 6.07 Å². The Bertz CT molecular complexity index is 400. The first-order chi connectivity index (χ1) is 8.33. The summed E-state index contributed by atoms with van der Waals surface area (Å²) < 4.78 is 25.7. The molecule has 0 spiro atoms. The van der Waals surface area contributed by atoms with Gasteiger partial charge in [0.15, 0.2) is 0 Å². The Hall–Kier alpha value is -1.77. The summed E-state index contributed by atoms with van der Waals surface area (Å²) in [6, 6.07) is 1.77. The molecule has 1 aromatic rings. The van der Waals surface area contributed by atoms with Crippen LogP contribution in [-0.2, 0) is 11.4 Å². The molecule has 0 aliphatic rings. The van der Waals surface area contributed by atoms with Crippen LogP contribution in [0.5, 0.6) is 0 Å². The summed E-state index contributed by atoms with van der Waals surface area (Å²) >= 11 is 0. The molecule has 0 bridgehead atoms. The summed E-state index contributed by atoms with van der Waals surface area (Å²) in [5.74, 6) is 8.56. The number of hydrazine groups is 2. The van der Waals surface area contributed by atoms with Gasteiger partial charge >= 0.3 is 0 Å². The smallest absolute Gasteiger partial charge is 0.223 e. The fraction of sp³-hybridized carbons (Fsp3) is 0.300. The molecule has 0 heterocycles. The zero-order valence-corrected chi connectivity index (χ0v) is 10.1. The summed E-state index contributed by atoms with van der Waals surface area (Å²) in [6.45, 7) is -0.511. The van der Waals surface area contributed by atoms with Crippen LogP contribution in [0.25, 0.3) is 0 Å². The van der Waals surface area contributed by atoms with Gasteiger partial charge in [0, 0.05) is 25.7 Å². The molecular formula is C10H16F2N4O2. The Kier molecular flexibility index (Phi) is 6.79. The van der Waals surface area contributed by atoms with E-state index >= 15 is 0 Å². The van der Waals surface area contributed by atoms with E-state index in [-0.39, 0.29) is 11.3 Å². The summed E-state index contributed by atoms with van der Waals surface area (Å²) in [4.78, 5) is 9.31. The maximum Gasteiger partial charge on any atom is 0.223 e. The van der Waals surface area contributed by atoms with Gasteiger partial charge in [0.05, 0.1) is 12.3 Å². The summed E-state index contributed by atoms with van der Waals surface area (Å²) in [5.41, 5.74) is 0.131. The number of hydrogen-bond acceptors (Lipinski definition) is 5. The average Bonchev–Trinajstić information content (AvgIpc) is 2.28. The van der Waals surface area contributed by atoms with Gasteiger partial charge in [0.2, 0.25) is 6.41 Å². The van der Waals surface area contributed by atoms with Crippen LogP contribution in [-0.4, -0.2) is 30.6 Å². The Morgan fingerprint density at radius 3 is 2.17 bits per heavy atom. The lowest BCUT2D eigenvalue weighted by molar-refractivity contribution is -0.117. The molecular weight excluding hydrogens is 246 g/mol. The molecule has 0 saturated carbocycles. The van der Waals surface area contributed by atoms with Crippen LogP contribution in [0, 0.1) is 11.6 Å². The molecule has 18 heavy (non-hydrogen) atoms. The van der Waals surface area contributed by atoms with Crippen molar-refractivity contribution in [3.63, 3.8) is 0 Å². The number of halogens is 2. The van der Waals surface area contributed by atoms with E-state index < -0.39 is 18.2 Å². The van der Waals surface area contributed by atoms with Gasteiger partial charge < -0.3 is 10.1 Å². The second-order valence-electron chi connectivity index (χ2n) is 3.43. The minimum Gasteiger partial charge on any atom is -0.391 e. The quantitative estimate of drug-likeness (QED) is 0.301. The number of amides is 1. The average molecular weight is 262 g/mol. The van der Waals surface area contributed by atoms with E-state index in [0.717, 1.165) is 16.1 Å². The SMILES string of the molecule is CN(N)C=O.CN(N)c1cc(F)cc(F)c1CO. The fourth-order valence-electron chi connectivity index (χ4n) is 1.06. The number of benzene rings is 1. The van der Waals surface area contributed by atoms with E-state index in [9.17, 15) is 13.6 Å². The number of aliphatic hydroxyl groups excluding tert-OH is 1. The normalized spacial score (nSPS) is 9.28. The van der Waals surface area contributed by atoms with Gasteiger partial charge in [-0.25, -0.2) is 20.5 Å². The van der Waals surface area contributed by atoms with Gasteiger partial charge in [-0.2, -0.15) is 0 Å². The largest absolute Gasteiger partial charge is 0.391 e. The molecule has 0 saturated heterocycles. The van der Waals surface area contributed by atoms with Gasteiger partial charge in [-0.3, -0.25) is 9.80 Å². The first-order valence-electron chi connectivity index (χ1n) is 4.83. The van der Waals surface area contributed by atoms with E-state index in [1.54, 1.807) is 0 Å². The molecule has 0 aromatic heterocycles. The maximum atomic E-state index is 13.0. The predicted octanol–water partition coefficient (Wildman–Crippen LogP) is -0.285. The number of anilines is 1. The zero-order valence-electron chi connectivity index (χ0n) is 10.1. The first-order valence-corrected chi connectivity index (χ1v) is 4.83. The minimum atomic E-state index is -0.796. The van der Waals surface area contributed by atoms with Crippen molar-refractivity contribution in [3.05, 3.63) is 29.3 Å². The molecule has 0 radical (unpaired) electrons. The van der Waals surface area contributed by atoms with Gasteiger partial charge in [-0.15, -0.1) is 0 Å². The molecule has 0 aliphatic carbocycles. The second kappa shape index (κ2) is 7.54. The minimum absolute atomic E-state index is 0.00796. The monoisotopic (exact) mass is 262 g/mol. The molecule has 6 nitrogen and oxygen atoms in total. The highest BCUT2D eigenvalue weighted by molar-refractivity contribution is 5.52. The lowest BCUT2D eigenvalue weighted by Gasteiger charge is -2.16. The molecule has 0 atom stereocenters. The predicted molar refractivity (Wildman–Crippen MR) is 62.9 cm³/mol. The third-order valence-corrected chi connectivity index (χ3v) is 1.84. The van der Waals surface area contributed by atoms with Crippen molar-refractivity contribution >= 4 is 12.1 Å². The topological polar surface area (TPSA) is 95.8 Å². The van der Waals surface area contributed by atoms with Crippen LogP contribution in [0.4, 0.5) is 14.5 Å². The van der Waals surface area contributed by atoms with Crippen LogP contribution in [0.2, 0.25) is 0 Å². The third-order valence-electron chi connectivity index (χ3n) is 1.84. The fourth-order valence-corrected chi connectivity index (χ4v) is 1.06. The van der Waals surface area contributed by atoms with Crippen molar-refractivity contribution in [2.75, 3.05) is 19.1 Å². The molecule has 1 rings (SSSR count). The lowest BCUT2D eigenvalue weighted by Crippen LogP contribution is -2.26. The van der Waals surface area contributed by atoms with Crippen LogP contribution in [0.1, 0.15) is 5.56 Å². The second-order valence-corrected chi connectivity index (χ2v) is 3.43. The van der Waals surface area contributed by atoms with Crippen LogP contribution >= 0.6 is 0 Å². The van der Waals surface area contributed by atoms with Crippen molar-refractivity contribution in [1.29, 1.82) is 0 Å². The molecule has 102 valence electrons. The molecule has 0 fully saturated rings. The lowest BCUT2D eigenvalue weighted by atomic mass is 10.1. The van der Waals surface area contributed by atoms with Gasteiger partial charge in [-0.1, -0.05) is 0 Å². The van der Waals surface area contributed by atoms with Crippen molar-refractivity contribution < 1.29 is 18.7 Å². The number of nitrogens with zero attached hydrogens (tertiary/aromatic N) is 2. The van der Waals surface area contributed by atoms with Crippen molar-refractivity contribution in [1.82, 2.24) is 5.01 Å². The number of hydrogen-bond donors (Lipinski definition) is 3. The van der Waals surface area contributed by atoms with E-state index in [2.05, 4.69) is 0 Å². The van der Waals surface area contributed by atoms with Gasteiger partial charge in [0.25, 0.3) is 0 Å². The van der Waals surface area contributed by atoms with E-state index in [4.69, 9.17) is 16.8 Å². The summed E-state index contributed by atoms with van der Waals surface area (Å²) in [5, 5.41) is 10.8. The Balaban J connectivity index is 0.000000494. The number of carbonyl (C=O) groups is 1. The van der Waals surface area contributed by atoms with Gasteiger partial charge in [0.1, 0.15) is 11.6 Å². The molecule has 0 unspecified atom stereocenters. The number of nitrogens with two attached hydrogens (primary N) is 2. The van der Waals surface area contributed by atoms with Crippen LogP contribution < -0.4 is 16.7 Å². The number of aliphatic hydroxyl groups is 1. The van der Waals surface area contributed by atoms with Crippen LogP contribution in [0.15, 0.2) is 12.1 Å². The van der Waals surface area contributed by atoms with Crippen LogP contribution in [0.3, 0.4) is 0 Å². The van der Waals surface area contributed by atoms with E-state index in [1.165, 1.54) is 14.1 Å². The number of rotatable bonds is 3. The molecule has 8 heteroatoms. The first kappa shape index (κ1) is 16.2. The van der Waals surface area contributed by atoms with E-state index in [0.29, 0.717) is 12.5 Å². The molecule has 1 amide bonds. The summed E-state index contributed by atoms with van der Waals surface area (Å²) in [7, 11) is 2.90. The highest BCUT2D eigenvalue weighted by atomic mass is 19.1. The molecule has 1 aromatic carbocycles.